The largest absolute Gasteiger partial charge is 0.340 e. The van der Waals surface area contributed by atoms with E-state index in [9.17, 15) is 0 Å². The fourth-order valence-electron chi connectivity index (χ4n) is 2.68. The number of benzene rings is 2. The van der Waals surface area contributed by atoms with Gasteiger partial charge in [-0.05, 0) is 42.7 Å². The summed E-state index contributed by atoms with van der Waals surface area (Å²) in [5.41, 5.74) is 3.90. The highest BCUT2D eigenvalue weighted by molar-refractivity contribution is 9.10. The first-order chi connectivity index (χ1) is 10.3. The first-order valence-electron chi connectivity index (χ1n) is 7.20. The molecule has 108 valence electrons. The van der Waals surface area contributed by atoms with Crippen molar-refractivity contribution in [2.75, 3.05) is 5.33 Å². The second-order valence-electron chi connectivity index (χ2n) is 5.14. The van der Waals surface area contributed by atoms with E-state index in [-0.39, 0.29) is 0 Å². The molecule has 21 heavy (non-hydrogen) atoms. The molecule has 0 unspecified atom stereocenters. The van der Waals surface area contributed by atoms with E-state index in [2.05, 4.69) is 91.0 Å². The Balaban J connectivity index is 2.07. The van der Waals surface area contributed by atoms with Crippen LogP contribution in [0.3, 0.4) is 0 Å². The minimum absolute atomic E-state index is 1.06. The summed E-state index contributed by atoms with van der Waals surface area (Å²) in [5.74, 6) is 0. The molecule has 0 aliphatic heterocycles. The summed E-state index contributed by atoms with van der Waals surface area (Å²) in [6, 6.07) is 19.5. The summed E-state index contributed by atoms with van der Waals surface area (Å²) in [6.07, 6.45) is 2.39. The minimum Gasteiger partial charge on any atom is -0.340 e. The summed E-state index contributed by atoms with van der Waals surface area (Å²) in [4.78, 5) is 0. The van der Waals surface area contributed by atoms with E-state index in [1.807, 2.05) is 0 Å². The van der Waals surface area contributed by atoms with Crippen LogP contribution in [0.1, 0.15) is 12.8 Å². The fraction of sp³-hybridized carbons (Fsp3) is 0.222. The fourth-order valence-corrected chi connectivity index (χ4v) is 3.34. The van der Waals surface area contributed by atoms with Crippen molar-refractivity contribution in [1.29, 1.82) is 0 Å². The first-order valence-corrected chi connectivity index (χ1v) is 9.11. The number of aromatic nitrogens is 1. The highest BCUT2D eigenvalue weighted by Crippen LogP contribution is 2.29. The molecule has 1 heterocycles. The van der Waals surface area contributed by atoms with Gasteiger partial charge >= 0.3 is 0 Å². The van der Waals surface area contributed by atoms with Crippen molar-refractivity contribution in [3.8, 4) is 11.3 Å². The van der Waals surface area contributed by atoms with E-state index in [0.717, 1.165) is 16.3 Å². The average Bonchev–Trinajstić information content (AvgIpc) is 2.87. The van der Waals surface area contributed by atoms with Gasteiger partial charge in [-0.15, -0.1) is 0 Å². The van der Waals surface area contributed by atoms with Gasteiger partial charge in [0.15, 0.2) is 0 Å². The van der Waals surface area contributed by atoms with Gasteiger partial charge in [0, 0.05) is 32.9 Å². The molecule has 3 rings (SSSR count). The Kier molecular flexibility index (Phi) is 4.81. The van der Waals surface area contributed by atoms with Crippen LogP contribution in [0.4, 0.5) is 0 Å². The van der Waals surface area contributed by atoms with Gasteiger partial charge in [-0.25, -0.2) is 0 Å². The molecule has 3 aromatic rings. The molecule has 0 saturated heterocycles. The molecule has 0 radical (unpaired) electrons. The maximum atomic E-state index is 3.52. The summed E-state index contributed by atoms with van der Waals surface area (Å²) < 4.78 is 3.56. The van der Waals surface area contributed by atoms with Crippen LogP contribution in [0.15, 0.2) is 59.1 Å². The lowest BCUT2D eigenvalue weighted by Crippen LogP contribution is -2.00. The zero-order valence-corrected chi connectivity index (χ0v) is 14.9. The van der Waals surface area contributed by atoms with Crippen LogP contribution in [0.5, 0.6) is 0 Å². The number of rotatable bonds is 5. The molecule has 0 N–H and O–H groups in total. The average molecular weight is 407 g/mol. The van der Waals surface area contributed by atoms with Crippen molar-refractivity contribution >= 4 is 42.8 Å². The van der Waals surface area contributed by atoms with Crippen molar-refractivity contribution in [2.24, 2.45) is 0 Å². The Morgan fingerprint density at radius 3 is 2.43 bits per heavy atom. The van der Waals surface area contributed by atoms with Gasteiger partial charge in [0.05, 0.1) is 0 Å². The van der Waals surface area contributed by atoms with Gasteiger partial charge in [0.2, 0.25) is 0 Å². The summed E-state index contributed by atoms with van der Waals surface area (Å²) in [5, 5.41) is 2.38. The molecule has 3 heteroatoms. The number of fused-ring (bicyclic) bond motifs is 1. The maximum Gasteiger partial charge on any atom is 0.0491 e. The van der Waals surface area contributed by atoms with Gasteiger partial charge in [-0.2, -0.15) is 0 Å². The van der Waals surface area contributed by atoms with E-state index in [1.54, 1.807) is 0 Å². The second-order valence-corrected chi connectivity index (χ2v) is 6.85. The monoisotopic (exact) mass is 405 g/mol. The zero-order valence-electron chi connectivity index (χ0n) is 11.7. The van der Waals surface area contributed by atoms with Gasteiger partial charge in [0.1, 0.15) is 0 Å². The van der Waals surface area contributed by atoms with E-state index >= 15 is 0 Å². The first kappa shape index (κ1) is 14.9. The molecule has 1 aromatic heterocycles. The van der Waals surface area contributed by atoms with Crippen molar-refractivity contribution in [2.45, 2.75) is 19.4 Å². The lowest BCUT2D eigenvalue weighted by molar-refractivity contribution is 0.659. The highest BCUT2D eigenvalue weighted by atomic mass is 79.9. The van der Waals surface area contributed by atoms with Crippen LogP contribution in [-0.2, 0) is 6.54 Å². The van der Waals surface area contributed by atoms with Crippen molar-refractivity contribution in [3.05, 3.63) is 59.1 Å². The van der Waals surface area contributed by atoms with Crippen LogP contribution in [0.25, 0.3) is 22.2 Å². The molecular formula is C18H17Br2N. The van der Waals surface area contributed by atoms with E-state index < -0.39 is 0 Å². The van der Waals surface area contributed by atoms with Crippen molar-refractivity contribution in [3.63, 3.8) is 0 Å². The Morgan fingerprint density at radius 1 is 0.905 bits per heavy atom. The molecule has 0 amide bonds. The lowest BCUT2D eigenvalue weighted by Gasteiger charge is -2.11. The predicted octanol–water partition coefficient (Wildman–Crippen LogP) is 6.25. The lowest BCUT2D eigenvalue weighted by atomic mass is 10.1. The third-order valence-corrected chi connectivity index (χ3v) is 4.81. The third kappa shape index (κ3) is 3.24. The van der Waals surface area contributed by atoms with Crippen LogP contribution in [0.2, 0.25) is 0 Å². The van der Waals surface area contributed by atoms with Gasteiger partial charge in [0.25, 0.3) is 0 Å². The number of hydrogen-bond donors (Lipinski definition) is 0. The van der Waals surface area contributed by atoms with E-state index in [0.29, 0.717) is 0 Å². The molecule has 0 aliphatic carbocycles. The molecule has 0 atom stereocenters. The second kappa shape index (κ2) is 6.80. The standard InChI is InChI=1S/C18H17Br2N/c19-11-3-4-12-21-17-6-2-1-5-15(17)13-18(21)14-7-9-16(20)10-8-14/h1-2,5-10,13H,3-4,11-12H2. The maximum absolute atomic E-state index is 3.52. The predicted molar refractivity (Wildman–Crippen MR) is 98.1 cm³/mol. The SMILES string of the molecule is BrCCCCn1c(-c2ccc(Br)cc2)cc2ccccc21. The summed E-state index contributed by atoms with van der Waals surface area (Å²) in [6.45, 7) is 1.06. The molecule has 0 spiro atoms. The number of hydrogen-bond acceptors (Lipinski definition) is 0. The van der Waals surface area contributed by atoms with Crippen LogP contribution in [-0.4, -0.2) is 9.90 Å². The van der Waals surface area contributed by atoms with Crippen LogP contribution >= 0.6 is 31.9 Å². The van der Waals surface area contributed by atoms with Gasteiger partial charge in [-0.1, -0.05) is 62.2 Å². The minimum atomic E-state index is 1.06. The molecule has 0 bridgehead atoms. The highest BCUT2D eigenvalue weighted by Gasteiger charge is 2.10. The van der Waals surface area contributed by atoms with Crippen molar-refractivity contribution < 1.29 is 0 Å². The molecule has 0 aliphatic rings. The molecule has 2 aromatic carbocycles. The number of alkyl halides is 1. The number of nitrogens with zero attached hydrogens (tertiary/aromatic N) is 1. The summed E-state index contributed by atoms with van der Waals surface area (Å²) in [7, 11) is 0. The molecule has 1 nitrogen and oxygen atoms in total. The number of para-hydroxylation sites is 1. The third-order valence-electron chi connectivity index (χ3n) is 3.72. The Labute approximate surface area is 142 Å². The number of unbranched alkanes of at least 4 members (excludes halogenated alkanes) is 1. The van der Waals surface area contributed by atoms with Gasteiger partial charge in [-0.3, -0.25) is 0 Å². The zero-order chi connectivity index (χ0) is 14.7. The summed E-state index contributed by atoms with van der Waals surface area (Å²) >= 11 is 7.03. The molecule has 0 saturated carbocycles. The normalized spacial score (nSPS) is 11.1. The van der Waals surface area contributed by atoms with Crippen molar-refractivity contribution in [1.82, 2.24) is 4.57 Å². The van der Waals surface area contributed by atoms with Gasteiger partial charge < -0.3 is 4.57 Å². The van der Waals surface area contributed by atoms with Crippen LogP contribution in [0, 0.1) is 0 Å². The van der Waals surface area contributed by atoms with E-state index in [1.165, 1.54) is 35.0 Å². The smallest absolute Gasteiger partial charge is 0.0491 e. The topological polar surface area (TPSA) is 4.93 Å². The van der Waals surface area contributed by atoms with Crippen LogP contribution < -0.4 is 0 Å². The quantitative estimate of drug-likeness (QED) is 0.348. The Morgan fingerprint density at radius 2 is 1.67 bits per heavy atom. The Bertz CT molecular complexity index is 729. The Hall–Kier alpha value is -1.06. The number of halogens is 2. The number of aryl methyl sites for hydroxylation is 1. The molecule has 0 fully saturated rings. The molecular weight excluding hydrogens is 390 g/mol. The van der Waals surface area contributed by atoms with E-state index in [4.69, 9.17) is 0 Å².